The minimum Gasteiger partial charge on any atom is -0.463 e. The van der Waals surface area contributed by atoms with Crippen molar-refractivity contribution in [2.24, 2.45) is 17.8 Å². The second kappa shape index (κ2) is 16.9. The van der Waals surface area contributed by atoms with E-state index in [1.54, 1.807) is 4.90 Å². The molecule has 226 valence electrons. The molecule has 0 aromatic heterocycles. The Morgan fingerprint density at radius 1 is 0.881 bits per heavy atom. The van der Waals surface area contributed by atoms with E-state index < -0.39 is 5.92 Å². The Hall–Kier alpha value is -3.45. The van der Waals surface area contributed by atoms with Crippen molar-refractivity contribution in [2.45, 2.75) is 76.8 Å². The number of esters is 1. The number of hydrogen-bond donors (Lipinski definition) is 2. The Kier molecular flexibility index (Phi) is 12.6. The number of nitrogens with one attached hydrogen (secondary N) is 1. The zero-order valence-corrected chi connectivity index (χ0v) is 24.7. The van der Waals surface area contributed by atoms with E-state index in [-0.39, 0.29) is 55.9 Å². The first kappa shape index (κ1) is 31.5. The lowest BCUT2D eigenvalue weighted by atomic mass is 9.84. The number of benzene rings is 2. The van der Waals surface area contributed by atoms with E-state index in [9.17, 15) is 19.5 Å². The number of hydrogen-bond acceptors (Lipinski definition) is 5. The first-order valence-corrected chi connectivity index (χ1v) is 15.6. The molecule has 1 fully saturated rings. The van der Waals surface area contributed by atoms with E-state index >= 15 is 0 Å². The van der Waals surface area contributed by atoms with Crippen molar-refractivity contribution in [1.82, 2.24) is 10.2 Å². The SMILES string of the molecule is O=C1N[C@@H](CC2CCCCC2)COC(=O)[C@@H](Cc2ccccc2)CC=CC[C@@H]1CC(=O)N(CCO)Cc1ccccc1. The average molecular weight is 575 g/mol. The fourth-order valence-electron chi connectivity index (χ4n) is 6.14. The van der Waals surface area contributed by atoms with E-state index in [0.29, 0.717) is 31.7 Å². The van der Waals surface area contributed by atoms with Crippen LogP contribution in [0.25, 0.3) is 0 Å². The molecule has 2 aliphatic rings. The van der Waals surface area contributed by atoms with Gasteiger partial charge in [0.15, 0.2) is 0 Å². The van der Waals surface area contributed by atoms with Gasteiger partial charge in [-0.05, 0) is 42.7 Å². The monoisotopic (exact) mass is 574 g/mol. The molecule has 42 heavy (non-hydrogen) atoms. The van der Waals surface area contributed by atoms with E-state index in [4.69, 9.17) is 4.74 Å². The number of allylic oxidation sites excluding steroid dienone is 2. The molecule has 3 atom stereocenters. The smallest absolute Gasteiger partial charge is 0.309 e. The molecule has 0 spiro atoms. The molecular formula is C35H46N2O5. The fourth-order valence-corrected chi connectivity index (χ4v) is 6.14. The summed E-state index contributed by atoms with van der Waals surface area (Å²) in [5.41, 5.74) is 2.05. The highest BCUT2D eigenvalue weighted by Gasteiger charge is 2.29. The van der Waals surface area contributed by atoms with Crippen LogP contribution in [0.4, 0.5) is 0 Å². The van der Waals surface area contributed by atoms with Gasteiger partial charge in [-0.25, -0.2) is 0 Å². The van der Waals surface area contributed by atoms with Crippen molar-refractivity contribution >= 4 is 17.8 Å². The Morgan fingerprint density at radius 2 is 1.52 bits per heavy atom. The highest BCUT2D eigenvalue weighted by Crippen LogP contribution is 2.28. The van der Waals surface area contributed by atoms with Gasteiger partial charge in [0.2, 0.25) is 11.8 Å². The summed E-state index contributed by atoms with van der Waals surface area (Å²) in [5.74, 6) is -0.969. The summed E-state index contributed by atoms with van der Waals surface area (Å²) in [4.78, 5) is 41.9. The van der Waals surface area contributed by atoms with Crippen LogP contribution in [0.15, 0.2) is 72.8 Å². The molecule has 0 unspecified atom stereocenters. The molecule has 7 heteroatoms. The zero-order chi connectivity index (χ0) is 29.6. The lowest BCUT2D eigenvalue weighted by Gasteiger charge is -2.29. The molecule has 1 aliphatic heterocycles. The summed E-state index contributed by atoms with van der Waals surface area (Å²) in [6, 6.07) is 19.3. The third-order valence-corrected chi connectivity index (χ3v) is 8.51. The second-order valence-corrected chi connectivity index (χ2v) is 11.8. The highest BCUT2D eigenvalue weighted by molar-refractivity contribution is 5.86. The molecule has 2 aromatic rings. The molecule has 2 amide bonds. The van der Waals surface area contributed by atoms with Crippen molar-refractivity contribution in [3.8, 4) is 0 Å². The van der Waals surface area contributed by atoms with E-state index in [0.717, 1.165) is 30.4 Å². The van der Waals surface area contributed by atoms with Crippen LogP contribution >= 0.6 is 0 Å². The van der Waals surface area contributed by atoms with Gasteiger partial charge >= 0.3 is 5.97 Å². The first-order valence-electron chi connectivity index (χ1n) is 15.6. The van der Waals surface area contributed by atoms with Gasteiger partial charge in [0.1, 0.15) is 6.61 Å². The highest BCUT2D eigenvalue weighted by atomic mass is 16.5. The van der Waals surface area contributed by atoms with Crippen molar-refractivity contribution in [3.63, 3.8) is 0 Å². The minimum absolute atomic E-state index is 0.0480. The number of carbonyl (C=O) groups excluding carboxylic acids is 3. The summed E-state index contributed by atoms with van der Waals surface area (Å²) in [6.07, 6.45) is 12.0. The molecule has 1 saturated carbocycles. The fraction of sp³-hybridized carbons (Fsp3) is 0.514. The van der Waals surface area contributed by atoms with Crippen LogP contribution in [0, 0.1) is 17.8 Å². The predicted octanol–water partition coefficient (Wildman–Crippen LogP) is 5.22. The van der Waals surface area contributed by atoms with Gasteiger partial charge in [0.25, 0.3) is 0 Å². The van der Waals surface area contributed by atoms with Crippen molar-refractivity contribution < 1.29 is 24.2 Å². The van der Waals surface area contributed by atoms with Gasteiger partial charge in [-0.2, -0.15) is 0 Å². The van der Waals surface area contributed by atoms with E-state index in [1.165, 1.54) is 19.3 Å². The quantitative estimate of drug-likeness (QED) is 0.300. The number of cyclic esters (lactones) is 1. The van der Waals surface area contributed by atoms with Crippen molar-refractivity contribution in [3.05, 3.63) is 83.9 Å². The van der Waals surface area contributed by atoms with Gasteiger partial charge in [-0.15, -0.1) is 0 Å². The molecule has 0 bridgehead atoms. The maximum absolute atomic E-state index is 13.6. The molecule has 1 heterocycles. The number of amides is 2. The van der Waals surface area contributed by atoms with Gasteiger partial charge in [0, 0.05) is 19.5 Å². The number of aliphatic hydroxyl groups excluding tert-OH is 1. The Labute approximate surface area is 250 Å². The largest absolute Gasteiger partial charge is 0.463 e. The molecule has 7 nitrogen and oxygen atoms in total. The molecular weight excluding hydrogens is 528 g/mol. The normalized spacial score (nSPS) is 22.4. The van der Waals surface area contributed by atoms with Crippen molar-refractivity contribution in [2.75, 3.05) is 19.8 Å². The summed E-state index contributed by atoms with van der Waals surface area (Å²) >= 11 is 0. The Balaban J connectivity index is 1.50. The van der Waals surface area contributed by atoms with Gasteiger partial charge < -0.3 is 20.1 Å². The summed E-state index contributed by atoms with van der Waals surface area (Å²) < 4.78 is 5.86. The minimum atomic E-state index is -0.553. The van der Waals surface area contributed by atoms with Gasteiger partial charge in [-0.3, -0.25) is 14.4 Å². The summed E-state index contributed by atoms with van der Waals surface area (Å²) in [6.45, 7) is 0.583. The number of aliphatic hydroxyl groups is 1. The average Bonchev–Trinajstić information content (AvgIpc) is 3.01. The van der Waals surface area contributed by atoms with Crippen LogP contribution in [0.1, 0.15) is 68.9 Å². The van der Waals surface area contributed by atoms with Crippen LogP contribution in [-0.4, -0.2) is 53.6 Å². The number of carbonyl (C=O) groups is 3. The van der Waals surface area contributed by atoms with Crippen LogP contribution in [-0.2, 0) is 32.1 Å². The maximum Gasteiger partial charge on any atom is 0.309 e. The number of rotatable bonds is 10. The topological polar surface area (TPSA) is 95.9 Å². The van der Waals surface area contributed by atoms with Crippen LogP contribution in [0.5, 0.6) is 0 Å². The lowest BCUT2D eigenvalue weighted by molar-refractivity contribution is -0.150. The zero-order valence-electron chi connectivity index (χ0n) is 24.7. The Bertz CT molecular complexity index is 1150. The number of ether oxygens (including phenoxy) is 1. The molecule has 2 aromatic carbocycles. The Morgan fingerprint density at radius 3 is 2.19 bits per heavy atom. The van der Waals surface area contributed by atoms with Gasteiger partial charge in [-0.1, -0.05) is 105 Å². The van der Waals surface area contributed by atoms with Crippen molar-refractivity contribution in [1.29, 1.82) is 0 Å². The number of nitrogens with zero attached hydrogens (tertiary/aromatic N) is 1. The molecule has 1 aliphatic carbocycles. The van der Waals surface area contributed by atoms with Crippen LogP contribution in [0.3, 0.4) is 0 Å². The van der Waals surface area contributed by atoms with Gasteiger partial charge in [0.05, 0.1) is 24.5 Å². The van der Waals surface area contributed by atoms with Crippen LogP contribution < -0.4 is 5.32 Å². The first-order chi connectivity index (χ1) is 20.5. The molecule has 0 radical (unpaired) electrons. The summed E-state index contributed by atoms with van der Waals surface area (Å²) in [5, 5.41) is 12.8. The molecule has 0 saturated heterocycles. The lowest BCUT2D eigenvalue weighted by Crippen LogP contribution is -2.45. The van der Waals surface area contributed by atoms with E-state index in [2.05, 4.69) is 5.32 Å². The summed E-state index contributed by atoms with van der Waals surface area (Å²) in [7, 11) is 0. The predicted molar refractivity (Wildman–Crippen MR) is 163 cm³/mol. The maximum atomic E-state index is 13.6. The van der Waals surface area contributed by atoms with E-state index in [1.807, 2.05) is 72.8 Å². The third-order valence-electron chi connectivity index (χ3n) is 8.51. The van der Waals surface area contributed by atoms with Crippen LogP contribution in [0.2, 0.25) is 0 Å². The second-order valence-electron chi connectivity index (χ2n) is 11.8. The molecule has 2 N–H and O–H groups in total. The molecule has 4 rings (SSSR count). The third kappa shape index (κ3) is 10.1. The standard InChI is InChI=1S/C35H46N2O5/c38-21-20-37(25-29-16-8-3-9-17-29)33(39)24-30-18-10-11-19-31(22-27-12-4-1-5-13-27)35(41)42-26-32(36-34(30)40)23-28-14-6-2-7-15-28/h1,3-5,8-13,16-17,28,30-32,38H,2,6-7,14-15,18-26H2,(H,36,40)/t30-,31-,32+/m1/s1.